The van der Waals surface area contributed by atoms with E-state index in [0.717, 1.165) is 5.56 Å². The van der Waals surface area contributed by atoms with Crippen LogP contribution in [0.1, 0.15) is 18.9 Å². The lowest BCUT2D eigenvalue weighted by Crippen LogP contribution is -2.22. The fraction of sp³-hybridized carbons (Fsp3) is 0.417. The van der Waals surface area contributed by atoms with Crippen LogP contribution < -0.4 is 5.32 Å². The fourth-order valence-electron chi connectivity index (χ4n) is 1.48. The van der Waals surface area contributed by atoms with Crippen molar-refractivity contribution < 1.29 is 14.3 Å². The number of halogens is 2. The van der Waals surface area contributed by atoms with Gasteiger partial charge in [-0.05, 0) is 30.2 Å². The molecule has 1 unspecified atom stereocenters. The average Bonchev–Trinajstić information content (AvgIpc) is 2.22. The molecule has 94 valence electrons. The monoisotopic (exact) mass is 259 g/mol. The number of benzene rings is 1. The number of carboxylic acids is 1. The lowest BCUT2D eigenvalue weighted by Gasteiger charge is -2.10. The van der Waals surface area contributed by atoms with Crippen molar-refractivity contribution in [2.75, 3.05) is 6.54 Å². The Morgan fingerprint density at radius 3 is 2.88 bits per heavy atom. The second kappa shape index (κ2) is 6.57. The van der Waals surface area contributed by atoms with Crippen molar-refractivity contribution >= 4 is 17.6 Å². The molecule has 0 fully saturated rings. The van der Waals surface area contributed by atoms with Gasteiger partial charge in [0.2, 0.25) is 0 Å². The van der Waals surface area contributed by atoms with Crippen LogP contribution in [-0.2, 0) is 11.3 Å². The minimum atomic E-state index is -0.802. The molecule has 1 atom stereocenters. The van der Waals surface area contributed by atoms with Gasteiger partial charge in [-0.25, -0.2) is 4.39 Å². The highest BCUT2D eigenvalue weighted by Crippen LogP contribution is 2.15. The topological polar surface area (TPSA) is 49.3 Å². The summed E-state index contributed by atoms with van der Waals surface area (Å²) < 4.78 is 12.9. The van der Waals surface area contributed by atoms with Crippen molar-refractivity contribution in [3.05, 3.63) is 34.6 Å². The highest BCUT2D eigenvalue weighted by atomic mass is 35.5. The maximum atomic E-state index is 12.9. The van der Waals surface area contributed by atoms with Crippen LogP contribution in [0.5, 0.6) is 0 Å². The van der Waals surface area contributed by atoms with Crippen molar-refractivity contribution in [2.24, 2.45) is 5.92 Å². The van der Waals surface area contributed by atoms with E-state index in [1.807, 2.05) is 6.92 Å². The Bertz CT molecular complexity index is 398. The van der Waals surface area contributed by atoms with Crippen molar-refractivity contribution in [1.82, 2.24) is 5.32 Å². The third-order valence-corrected chi connectivity index (χ3v) is 2.62. The van der Waals surface area contributed by atoms with E-state index in [2.05, 4.69) is 5.32 Å². The minimum Gasteiger partial charge on any atom is -0.481 e. The third kappa shape index (κ3) is 5.15. The molecule has 0 radical (unpaired) electrons. The Hall–Kier alpha value is -1.13. The maximum Gasteiger partial charge on any atom is 0.303 e. The lowest BCUT2D eigenvalue weighted by molar-refractivity contribution is -0.137. The van der Waals surface area contributed by atoms with E-state index in [1.165, 1.54) is 6.07 Å². The van der Waals surface area contributed by atoms with E-state index in [-0.39, 0.29) is 17.4 Å². The first-order valence-corrected chi connectivity index (χ1v) is 5.73. The Morgan fingerprint density at radius 1 is 1.59 bits per heavy atom. The summed E-state index contributed by atoms with van der Waals surface area (Å²) in [5.41, 5.74) is 0.874. The Kier molecular flexibility index (Phi) is 5.38. The number of carbonyl (C=O) groups is 1. The molecule has 0 bridgehead atoms. The van der Waals surface area contributed by atoms with Gasteiger partial charge in [0.05, 0.1) is 5.02 Å². The molecule has 0 amide bonds. The van der Waals surface area contributed by atoms with Gasteiger partial charge in [0, 0.05) is 13.0 Å². The molecule has 1 aromatic carbocycles. The van der Waals surface area contributed by atoms with E-state index in [4.69, 9.17) is 16.7 Å². The third-order valence-electron chi connectivity index (χ3n) is 2.33. The summed E-state index contributed by atoms with van der Waals surface area (Å²) in [5.74, 6) is -1.18. The second-order valence-corrected chi connectivity index (χ2v) is 4.49. The standard InChI is InChI=1S/C12H15ClFNO2/c1-8(4-12(16)17)6-15-7-9-2-3-11(14)10(13)5-9/h2-3,5,8,15H,4,6-7H2,1H3,(H,16,17). The number of hydrogen-bond acceptors (Lipinski definition) is 2. The molecule has 3 nitrogen and oxygen atoms in total. The van der Waals surface area contributed by atoms with Gasteiger partial charge in [0.25, 0.3) is 0 Å². The van der Waals surface area contributed by atoms with E-state index in [0.29, 0.717) is 13.1 Å². The Morgan fingerprint density at radius 2 is 2.29 bits per heavy atom. The summed E-state index contributed by atoms with van der Waals surface area (Å²) in [4.78, 5) is 10.4. The first kappa shape index (κ1) is 13.9. The van der Waals surface area contributed by atoms with E-state index >= 15 is 0 Å². The first-order valence-electron chi connectivity index (χ1n) is 5.35. The molecule has 2 N–H and O–H groups in total. The smallest absolute Gasteiger partial charge is 0.303 e. The lowest BCUT2D eigenvalue weighted by atomic mass is 10.1. The van der Waals surface area contributed by atoms with E-state index in [1.54, 1.807) is 12.1 Å². The predicted molar refractivity (Wildman–Crippen MR) is 64.5 cm³/mol. The molecule has 0 heterocycles. The molecule has 0 aliphatic heterocycles. The molecule has 1 rings (SSSR count). The molecular formula is C12H15ClFNO2. The number of aliphatic carboxylic acids is 1. The van der Waals surface area contributed by atoms with Crippen LogP contribution in [0.2, 0.25) is 5.02 Å². The van der Waals surface area contributed by atoms with E-state index < -0.39 is 11.8 Å². The largest absolute Gasteiger partial charge is 0.481 e. The van der Waals surface area contributed by atoms with Gasteiger partial charge in [0.15, 0.2) is 0 Å². The number of carboxylic acid groups (broad SMARTS) is 1. The molecule has 0 spiro atoms. The zero-order valence-corrected chi connectivity index (χ0v) is 10.3. The van der Waals surface area contributed by atoms with E-state index in [9.17, 15) is 9.18 Å². The molecule has 0 saturated carbocycles. The van der Waals surface area contributed by atoms with Crippen LogP contribution >= 0.6 is 11.6 Å². The highest BCUT2D eigenvalue weighted by Gasteiger charge is 2.07. The summed E-state index contributed by atoms with van der Waals surface area (Å²) in [7, 11) is 0. The van der Waals surface area contributed by atoms with Crippen LogP contribution in [0.4, 0.5) is 4.39 Å². The predicted octanol–water partition coefficient (Wildman–Crippen LogP) is 2.68. The van der Waals surface area contributed by atoms with Crippen LogP contribution in [0.25, 0.3) is 0 Å². The van der Waals surface area contributed by atoms with Gasteiger partial charge in [-0.1, -0.05) is 24.6 Å². The minimum absolute atomic E-state index is 0.0587. The van der Waals surface area contributed by atoms with Crippen LogP contribution in [0.3, 0.4) is 0 Å². The van der Waals surface area contributed by atoms with Crippen LogP contribution in [-0.4, -0.2) is 17.6 Å². The van der Waals surface area contributed by atoms with Crippen molar-refractivity contribution in [1.29, 1.82) is 0 Å². The molecule has 5 heteroatoms. The molecule has 0 aliphatic carbocycles. The second-order valence-electron chi connectivity index (χ2n) is 4.08. The van der Waals surface area contributed by atoms with Gasteiger partial charge in [-0.3, -0.25) is 4.79 Å². The van der Waals surface area contributed by atoms with Crippen molar-refractivity contribution in [3.8, 4) is 0 Å². The molecular weight excluding hydrogens is 245 g/mol. The average molecular weight is 260 g/mol. The summed E-state index contributed by atoms with van der Waals surface area (Å²) in [6.45, 7) is 3.00. The molecule has 17 heavy (non-hydrogen) atoms. The molecule has 0 aromatic heterocycles. The summed E-state index contributed by atoms with van der Waals surface area (Å²) in [6.07, 6.45) is 0.136. The van der Waals surface area contributed by atoms with Crippen LogP contribution in [0, 0.1) is 11.7 Å². The summed E-state index contributed by atoms with van der Waals surface area (Å²) in [6, 6.07) is 4.53. The van der Waals surface area contributed by atoms with Gasteiger partial charge in [-0.2, -0.15) is 0 Å². The number of hydrogen-bond donors (Lipinski definition) is 2. The van der Waals surface area contributed by atoms with Gasteiger partial charge in [0.1, 0.15) is 5.82 Å². The molecule has 1 aromatic rings. The normalized spacial score (nSPS) is 12.4. The van der Waals surface area contributed by atoms with Gasteiger partial charge in [-0.15, -0.1) is 0 Å². The maximum absolute atomic E-state index is 12.9. The van der Waals surface area contributed by atoms with Gasteiger partial charge >= 0.3 is 5.97 Å². The first-order chi connectivity index (χ1) is 7.99. The Balaban J connectivity index is 2.35. The summed E-state index contributed by atoms with van der Waals surface area (Å²) >= 11 is 5.64. The fourth-order valence-corrected chi connectivity index (χ4v) is 1.69. The molecule has 0 saturated heterocycles. The number of nitrogens with one attached hydrogen (secondary N) is 1. The SMILES string of the molecule is CC(CNCc1ccc(F)c(Cl)c1)CC(=O)O. The zero-order chi connectivity index (χ0) is 12.8. The van der Waals surface area contributed by atoms with Crippen molar-refractivity contribution in [3.63, 3.8) is 0 Å². The Labute approximate surface area is 105 Å². The number of rotatable bonds is 6. The highest BCUT2D eigenvalue weighted by molar-refractivity contribution is 6.30. The quantitative estimate of drug-likeness (QED) is 0.826. The zero-order valence-electron chi connectivity index (χ0n) is 9.54. The molecule has 0 aliphatic rings. The van der Waals surface area contributed by atoms with Crippen LogP contribution in [0.15, 0.2) is 18.2 Å². The van der Waals surface area contributed by atoms with Gasteiger partial charge < -0.3 is 10.4 Å². The van der Waals surface area contributed by atoms with Crippen molar-refractivity contribution in [2.45, 2.75) is 19.9 Å². The summed E-state index contributed by atoms with van der Waals surface area (Å²) in [5, 5.41) is 11.8.